The van der Waals surface area contributed by atoms with Crippen LogP contribution in [0.15, 0.2) is 77.3 Å². The summed E-state index contributed by atoms with van der Waals surface area (Å²) in [5.74, 6) is 0.507. The van der Waals surface area contributed by atoms with Gasteiger partial charge in [-0.05, 0) is 72.9 Å². The second-order valence-corrected chi connectivity index (χ2v) is 9.22. The fourth-order valence-corrected chi connectivity index (χ4v) is 5.04. The quantitative estimate of drug-likeness (QED) is 0.267. The number of carboxylic acids is 1. The van der Waals surface area contributed by atoms with Gasteiger partial charge in [-0.25, -0.2) is 4.79 Å². The summed E-state index contributed by atoms with van der Waals surface area (Å²) in [7, 11) is 1.55. The summed E-state index contributed by atoms with van der Waals surface area (Å²) in [6.45, 7) is 0. The first kappa shape index (κ1) is 24.1. The number of anilines is 1. The van der Waals surface area contributed by atoms with Crippen LogP contribution in [-0.2, 0) is 0 Å². The summed E-state index contributed by atoms with van der Waals surface area (Å²) in [5, 5.41) is 14.1. The molecule has 2 N–H and O–H groups in total. The third-order valence-electron chi connectivity index (χ3n) is 5.91. The van der Waals surface area contributed by atoms with Crippen LogP contribution >= 0.6 is 35.4 Å². The van der Waals surface area contributed by atoms with Gasteiger partial charge < -0.3 is 24.5 Å². The third kappa shape index (κ3) is 4.39. The molecule has 0 spiro atoms. The van der Waals surface area contributed by atoms with E-state index in [9.17, 15) is 9.90 Å². The molecule has 3 heterocycles. The molecule has 1 aliphatic rings. The molecule has 0 amide bonds. The van der Waals surface area contributed by atoms with Gasteiger partial charge in [-0.15, -0.1) is 0 Å². The summed E-state index contributed by atoms with van der Waals surface area (Å²) in [6, 6.07) is 18.4. The number of nitrogens with one attached hydrogen (secondary N) is 1. The molecule has 4 aromatic rings. The van der Waals surface area contributed by atoms with Crippen molar-refractivity contribution in [2.24, 2.45) is 0 Å². The Hall–Kier alpha value is -3.59. The molecule has 182 valence electrons. The van der Waals surface area contributed by atoms with Crippen molar-refractivity contribution in [3.63, 3.8) is 0 Å². The first-order valence-electron chi connectivity index (χ1n) is 10.8. The number of furan rings is 1. The predicted octanol–water partition coefficient (Wildman–Crippen LogP) is 6.53. The highest BCUT2D eigenvalue weighted by atomic mass is 35.5. The molecule has 10 heteroatoms. The van der Waals surface area contributed by atoms with Gasteiger partial charge in [0, 0.05) is 17.4 Å². The van der Waals surface area contributed by atoms with E-state index in [2.05, 4.69) is 10.3 Å². The smallest absolute Gasteiger partial charge is 0.335 e. The van der Waals surface area contributed by atoms with Gasteiger partial charge in [-0.2, -0.15) is 0 Å². The van der Waals surface area contributed by atoms with E-state index in [0.717, 1.165) is 11.4 Å². The summed E-state index contributed by atoms with van der Waals surface area (Å²) >= 11 is 18.6. The molecule has 0 radical (unpaired) electrons. The number of benzene rings is 2. The van der Waals surface area contributed by atoms with Crippen molar-refractivity contribution >= 4 is 52.2 Å². The topological polar surface area (TPSA) is 87.8 Å². The van der Waals surface area contributed by atoms with Crippen LogP contribution in [-0.4, -0.2) is 28.3 Å². The Kier molecular flexibility index (Phi) is 6.57. The minimum Gasteiger partial charge on any atom is -0.495 e. The van der Waals surface area contributed by atoms with Crippen molar-refractivity contribution in [3.8, 4) is 17.1 Å². The van der Waals surface area contributed by atoms with Crippen LogP contribution in [0.2, 0.25) is 10.0 Å². The second kappa shape index (κ2) is 9.81. The maximum absolute atomic E-state index is 11.5. The van der Waals surface area contributed by atoms with E-state index in [-0.39, 0.29) is 11.6 Å². The molecule has 2 atom stereocenters. The van der Waals surface area contributed by atoms with E-state index in [0.29, 0.717) is 38.0 Å². The van der Waals surface area contributed by atoms with Gasteiger partial charge in [0.2, 0.25) is 0 Å². The lowest BCUT2D eigenvalue weighted by molar-refractivity contribution is 0.0697. The number of thiocarbonyl (C=S) groups is 1. The van der Waals surface area contributed by atoms with Crippen molar-refractivity contribution in [3.05, 3.63) is 100.0 Å². The second-order valence-electron chi connectivity index (χ2n) is 8.02. The largest absolute Gasteiger partial charge is 0.495 e. The lowest BCUT2D eigenvalue weighted by Gasteiger charge is -2.26. The number of hydrogen-bond acceptors (Lipinski definition) is 5. The minimum atomic E-state index is -1.05. The zero-order valence-corrected chi connectivity index (χ0v) is 21.1. The number of hydrogen-bond donors (Lipinski definition) is 2. The molecule has 1 fully saturated rings. The predicted molar refractivity (Wildman–Crippen MR) is 142 cm³/mol. The number of carbonyl (C=O) groups is 1. The molecule has 0 aliphatic carbocycles. The Morgan fingerprint density at radius 1 is 1.11 bits per heavy atom. The monoisotopic (exact) mass is 539 g/mol. The average molecular weight is 540 g/mol. The van der Waals surface area contributed by atoms with Crippen LogP contribution in [0.5, 0.6) is 5.75 Å². The minimum absolute atomic E-state index is 0.108. The van der Waals surface area contributed by atoms with E-state index in [1.807, 2.05) is 35.2 Å². The number of rotatable bonds is 6. The first-order valence-corrected chi connectivity index (χ1v) is 12.0. The number of carboxylic acid groups (broad SMARTS) is 1. The van der Waals surface area contributed by atoms with Gasteiger partial charge in [-0.1, -0.05) is 29.3 Å². The number of aromatic carboxylic acids is 1. The Morgan fingerprint density at radius 3 is 2.64 bits per heavy atom. The Balaban J connectivity index is 1.61. The lowest BCUT2D eigenvalue weighted by atomic mass is 10.0. The van der Waals surface area contributed by atoms with Crippen LogP contribution in [0.4, 0.5) is 5.69 Å². The van der Waals surface area contributed by atoms with Crippen LogP contribution in [0.1, 0.15) is 33.9 Å². The van der Waals surface area contributed by atoms with Crippen molar-refractivity contribution in [1.82, 2.24) is 10.3 Å². The number of halogens is 2. The number of pyridine rings is 1. The Bertz CT molecular complexity index is 1460. The van der Waals surface area contributed by atoms with Gasteiger partial charge >= 0.3 is 5.97 Å². The number of aromatic nitrogens is 1. The maximum atomic E-state index is 11.5. The molecule has 2 unspecified atom stereocenters. The van der Waals surface area contributed by atoms with Crippen molar-refractivity contribution in [2.75, 3.05) is 12.0 Å². The normalized spacial score (nSPS) is 17.2. The molecule has 2 aromatic carbocycles. The molecule has 36 heavy (non-hydrogen) atoms. The van der Waals surface area contributed by atoms with E-state index >= 15 is 0 Å². The van der Waals surface area contributed by atoms with Gasteiger partial charge in [-0.3, -0.25) is 4.98 Å². The van der Waals surface area contributed by atoms with E-state index in [4.69, 9.17) is 44.6 Å². The molecule has 1 aliphatic heterocycles. The number of methoxy groups -OCH3 is 1. The van der Waals surface area contributed by atoms with Crippen molar-refractivity contribution < 1.29 is 19.1 Å². The zero-order valence-electron chi connectivity index (χ0n) is 18.8. The standard InChI is InChI=1S/C26H19Cl2N3O4S/c1-34-21-8-6-15(13-18(21)28)31-24(23(30-26(31)36)19-4-2-3-11-29-19)22-10-9-20(35-22)16-12-14(25(32)33)5-7-17(16)27/h2-13,23-24H,1H3,(H,30,36)(H,32,33). The van der Waals surface area contributed by atoms with Crippen molar-refractivity contribution in [1.29, 1.82) is 0 Å². The van der Waals surface area contributed by atoms with Gasteiger partial charge in [0.05, 0.1) is 34.5 Å². The summed E-state index contributed by atoms with van der Waals surface area (Å²) in [6.07, 6.45) is 1.72. The molecular weight excluding hydrogens is 521 g/mol. The number of nitrogens with zero attached hydrogens (tertiary/aromatic N) is 2. The number of ether oxygens (including phenoxy) is 1. The SMILES string of the molecule is COc1ccc(N2C(=S)NC(c3ccccn3)C2c2ccc(-c3cc(C(=O)O)ccc3Cl)o2)cc1Cl. The molecule has 2 aromatic heterocycles. The summed E-state index contributed by atoms with van der Waals surface area (Å²) < 4.78 is 11.6. The maximum Gasteiger partial charge on any atom is 0.335 e. The molecule has 5 rings (SSSR count). The third-order valence-corrected chi connectivity index (χ3v) is 6.85. The van der Waals surface area contributed by atoms with Gasteiger partial charge in [0.1, 0.15) is 23.3 Å². The fourth-order valence-electron chi connectivity index (χ4n) is 4.23. The molecule has 7 nitrogen and oxygen atoms in total. The molecule has 0 bridgehead atoms. The van der Waals surface area contributed by atoms with E-state index in [1.165, 1.54) is 18.2 Å². The fraction of sp³-hybridized carbons (Fsp3) is 0.115. The van der Waals surface area contributed by atoms with Crippen LogP contribution in [0.3, 0.4) is 0 Å². The van der Waals surface area contributed by atoms with E-state index in [1.54, 1.807) is 31.5 Å². The highest BCUT2D eigenvalue weighted by molar-refractivity contribution is 7.80. The Labute approximate surface area is 222 Å². The van der Waals surface area contributed by atoms with E-state index < -0.39 is 12.0 Å². The van der Waals surface area contributed by atoms with Gasteiger partial charge in [0.25, 0.3) is 0 Å². The van der Waals surface area contributed by atoms with Gasteiger partial charge in [0.15, 0.2) is 5.11 Å². The average Bonchev–Trinajstić information content (AvgIpc) is 3.49. The molecular formula is C26H19Cl2N3O4S. The molecule has 0 saturated carbocycles. The summed E-state index contributed by atoms with van der Waals surface area (Å²) in [4.78, 5) is 17.9. The first-order chi connectivity index (χ1) is 17.4. The van der Waals surface area contributed by atoms with Crippen LogP contribution in [0, 0.1) is 0 Å². The van der Waals surface area contributed by atoms with Crippen LogP contribution in [0.25, 0.3) is 11.3 Å². The summed E-state index contributed by atoms with van der Waals surface area (Å²) in [5.41, 5.74) is 2.10. The Morgan fingerprint density at radius 2 is 1.94 bits per heavy atom. The zero-order chi connectivity index (χ0) is 25.4. The highest BCUT2D eigenvalue weighted by Crippen LogP contribution is 2.44. The lowest BCUT2D eigenvalue weighted by Crippen LogP contribution is -2.29. The highest BCUT2D eigenvalue weighted by Gasteiger charge is 2.42. The van der Waals surface area contributed by atoms with Crippen LogP contribution < -0.4 is 15.0 Å². The molecule has 1 saturated heterocycles. The van der Waals surface area contributed by atoms with Crippen molar-refractivity contribution in [2.45, 2.75) is 12.1 Å².